The van der Waals surface area contributed by atoms with Gasteiger partial charge in [0, 0.05) is 25.2 Å². The fraction of sp³-hybridized carbons (Fsp3) is 0.688. The molecule has 1 aliphatic heterocycles. The Morgan fingerprint density at radius 2 is 1.83 bits per heavy atom. The van der Waals surface area contributed by atoms with Gasteiger partial charge in [-0.3, -0.25) is 4.79 Å². The second-order valence-electron chi connectivity index (χ2n) is 6.66. The van der Waals surface area contributed by atoms with Gasteiger partial charge in [-0.15, -0.1) is 0 Å². The van der Waals surface area contributed by atoms with Gasteiger partial charge in [0.2, 0.25) is 10.0 Å². The minimum absolute atomic E-state index is 0.0813. The van der Waals surface area contributed by atoms with Crippen molar-refractivity contribution in [1.82, 2.24) is 9.21 Å². The lowest BCUT2D eigenvalue weighted by atomic mass is 10.1. The number of nitrogens with zero attached hydrogens (tertiary/aromatic N) is 2. The first-order chi connectivity index (χ1) is 10.7. The lowest BCUT2D eigenvalue weighted by molar-refractivity contribution is 0.0481. The number of rotatable bonds is 3. The SMILES string of the molecule is Cc1cc(C(=O)N2CCN(S(=O)(=O)C3CC3)[C@H](C)[C@@H]2C)c(C)o1. The number of carbonyl (C=O) groups excluding carboxylic acids is 1. The molecule has 0 radical (unpaired) electrons. The monoisotopic (exact) mass is 340 g/mol. The summed E-state index contributed by atoms with van der Waals surface area (Å²) in [6.45, 7) is 8.18. The van der Waals surface area contributed by atoms with Crippen LogP contribution in [0.25, 0.3) is 0 Å². The Bertz CT molecular complexity index is 720. The van der Waals surface area contributed by atoms with Gasteiger partial charge in [0.15, 0.2) is 0 Å². The first-order valence-corrected chi connectivity index (χ1v) is 9.62. The number of sulfonamides is 1. The van der Waals surface area contributed by atoms with E-state index in [9.17, 15) is 13.2 Å². The maximum Gasteiger partial charge on any atom is 0.257 e. The summed E-state index contributed by atoms with van der Waals surface area (Å²) in [5, 5.41) is -0.210. The average Bonchev–Trinajstić information content (AvgIpc) is 3.27. The second kappa shape index (κ2) is 5.63. The fourth-order valence-electron chi connectivity index (χ4n) is 3.32. The molecule has 0 aromatic carbocycles. The molecule has 2 aliphatic rings. The normalized spacial score (nSPS) is 26.5. The molecule has 2 heterocycles. The molecule has 7 heteroatoms. The summed E-state index contributed by atoms with van der Waals surface area (Å²) in [6.07, 6.45) is 1.52. The predicted octanol–water partition coefficient (Wildman–Crippen LogP) is 1.92. The van der Waals surface area contributed by atoms with Crippen LogP contribution in [0.1, 0.15) is 48.6 Å². The van der Waals surface area contributed by atoms with Gasteiger partial charge in [-0.05, 0) is 46.6 Å². The first kappa shape index (κ1) is 16.5. The Labute approximate surface area is 137 Å². The molecule has 1 saturated carbocycles. The summed E-state index contributed by atoms with van der Waals surface area (Å²) in [7, 11) is -3.21. The zero-order chi connectivity index (χ0) is 16.9. The third-order valence-corrected chi connectivity index (χ3v) is 7.49. The van der Waals surface area contributed by atoms with Crippen LogP contribution in [0.3, 0.4) is 0 Å². The number of furan rings is 1. The van der Waals surface area contributed by atoms with Crippen molar-refractivity contribution in [2.45, 2.75) is 57.9 Å². The number of hydrogen-bond donors (Lipinski definition) is 0. The van der Waals surface area contributed by atoms with Crippen molar-refractivity contribution in [2.75, 3.05) is 13.1 Å². The van der Waals surface area contributed by atoms with E-state index >= 15 is 0 Å². The van der Waals surface area contributed by atoms with Crippen LogP contribution in [0.2, 0.25) is 0 Å². The van der Waals surface area contributed by atoms with Gasteiger partial charge in [0.05, 0.1) is 10.8 Å². The summed E-state index contributed by atoms with van der Waals surface area (Å²) >= 11 is 0. The van der Waals surface area contributed by atoms with E-state index in [1.54, 1.807) is 22.2 Å². The summed E-state index contributed by atoms with van der Waals surface area (Å²) < 4.78 is 32.1. The number of carbonyl (C=O) groups is 1. The quantitative estimate of drug-likeness (QED) is 0.843. The lowest BCUT2D eigenvalue weighted by Crippen LogP contribution is -2.60. The van der Waals surface area contributed by atoms with Gasteiger partial charge in [-0.25, -0.2) is 8.42 Å². The minimum Gasteiger partial charge on any atom is -0.466 e. The van der Waals surface area contributed by atoms with Crippen LogP contribution in [0.15, 0.2) is 10.5 Å². The highest BCUT2D eigenvalue weighted by Gasteiger charge is 2.46. The largest absolute Gasteiger partial charge is 0.466 e. The molecule has 0 bridgehead atoms. The lowest BCUT2D eigenvalue weighted by Gasteiger charge is -2.44. The second-order valence-corrected chi connectivity index (χ2v) is 8.83. The molecule has 0 N–H and O–H groups in total. The summed E-state index contributed by atoms with van der Waals surface area (Å²) in [5.41, 5.74) is 0.569. The van der Waals surface area contributed by atoms with Crippen molar-refractivity contribution >= 4 is 15.9 Å². The first-order valence-electron chi connectivity index (χ1n) is 8.12. The number of piperazine rings is 1. The smallest absolute Gasteiger partial charge is 0.257 e. The summed E-state index contributed by atoms with van der Waals surface area (Å²) in [6, 6.07) is 1.37. The standard InChI is InChI=1S/C16H24N2O4S/c1-10-9-15(13(4)22-10)16(19)17-7-8-18(12(3)11(17)2)23(20,21)14-5-6-14/h9,11-12,14H,5-8H2,1-4H3/t11-,12+/m0/s1. The van der Waals surface area contributed by atoms with Gasteiger partial charge in [-0.1, -0.05) is 0 Å². The highest BCUT2D eigenvalue weighted by atomic mass is 32.2. The predicted molar refractivity (Wildman–Crippen MR) is 86.8 cm³/mol. The number of hydrogen-bond acceptors (Lipinski definition) is 4. The fourth-order valence-corrected chi connectivity index (χ4v) is 5.41. The molecule has 1 amide bonds. The van der Waals surface area contributed by atoms with E-state index < -0.39 is 10.0 Å². The van der Waals surface area contributed by atoms with Crippen LogP contribution in [-0.2, 0) is 10.0 Å². The van der Waals surface area contributed by atoms with E-state index in [4.69, 9.17) is 4.42 Å². The highest BCUT2D eigenvalue weighted by molar-refractivity contribution is 7.90. The van der Waals surface area contributed by atoms with Crippen molar-refractivity contribution in [3.8, 4) is 0 Å². The third kappa shape index (κ3) is 2.80. The molecule has 1 aromatic rings. The molecule has 23 heavy (non-hydrogen) atoms. The molecule has 6 nitrogen and oxygen atoms in total. The topological polar surface area (TPSA) is 70.8 Å². The van der Waals surface area contributed by atoms with Gasteiger partial charge < -0.3 is 9.32 Å². The molecule has 3 rings (SSSR count). The summed E-state index contributed by atoms with van der Waals surface area (Å²) in [4.78, 5) is 14.6. The van der Waals surface area contributed by atoms with Crippen molar-refractivity contribution in [2.24, 2.45) is 0 Å². The van der Waals surface area contributed by atoms with Crippen molar-refractivity contribution in [3.05, 3.63) is 23.2 Å². The number of aryl methyl sites for hydroxylation is 2. The molecule has 2 fully saturated rings. The van der Waals surface area contributed by atoms with Crippen LogP contribution in [0.5, 0.6) is 0 Å². The van der Waals surface area contributed by atoms with Crippen molar-refractivity contribution < 1.29 is 17.6 Å². The molecule has 0 spiro atoms. The van der Waals surface area contributed by atoms with E-state index in [-0.39, 0.29) is 23.2 Å². The van der Waals surface area contributed by atoms with Gasteiger partial charge >= 0.3 is 0 Å². The van der Waals surface area contributed by atoms with Gasteiger partial charge in [-0.2, -0.15) is 4.31 Å². The van der Waals surface area contributed by atoms with Crippen LogP contribution < -0.4 is 0 Å². The Kier molecular flexibility index (Phi) is 4.04. The van der Waals surface area contributed by atoms with E-state index in [0.29, 0.717) is 30.2 Å². The Morgan fingerprint density at radius 3 is 2.35 bits per heavy atom. The maximum atomic E-state index is 12.8. The molecular weight excluding hydrogens is 316 g/mol. The van der Waals surface area contributed by atoms with Crippen LogP contribution in [0.4, 0.5) is 0 Å². The zero-order valence-electron chi connectivity index (χ0n) is 14.1. The zero-order valence-corrected chi connectivity index (χ0v) is 14.9. The van der Waals surface area contributed by atoms with Gasteiger partial charge in [0.1, 0.15) is 11.5 Å². The van der Waals surface area contributed by atoms with Crippen LogP contribution in [-0.4, -0.2) is 54.0 Å². The maximum absolute atomic E-state index is 12.8. The molecule has 2 atom stereocenters. The Morgan fingerprint density at radius 1 is 1.17 bits per heavy atom. The molecule has 0 unspecified atom stereocenters. The molecule has 128 valence electrons. The van der Waals surface area contributed by atoms with E-state index in [1.807, 2.05) is 20.8 Å². The van der Waals surface area contributed by atoms with Crippen molar-refractivity contribution in [3.63, 3.8) is 0 Å². The molecule has 1 saturated heterocycles. The number of amides is 1. The molecular formula is C16H24N2O4S. The Balaban J connectivity index is 1.80. The average molecular weight is 340 g/mol. The van der Waals surface area contributed by atoms with E-state index in [2.05, 4.69) is 0 Å². The van der Waals surface area contributed by atoms with Gasteiger partial charge in [0.25, 0.3) is 5.91 Å². The van der Waals surface area contributed by atoms with Crippen molar-refractivity contribution in [1.29, 1.82) is 0 Å². The molecule has 1 aromatic heterocycles. The Hall–Kier alpha value is -1.34. The van der Waals surface area contributed by atoms with Crippen LogP contribution in [0, 0.1) is 13.8 Å². The third-order valence-electron chi connectivity index (χ3n) is 5.01. The van der Waals surface area contributed by atoms with Crippen LogP contribution >= 0.6 is 0 Å². The molecule has 1 aliphatic carbocycles. The minimum atomic E-state index is -3.21. The van der Waals surface area contributed by atoms with E-state index in [1.165, 1.54) is 0 Å². The van der Waals surface area contributed by atoms with E-state index in [0.717, 1.165) is 12.8 Å². The summed E-state index contributed by atoms with van der Waals surface area (Å²) in [5.74, 6) is 1.24. The highest BCUT2D eigenvalue weighted by Crippen LogP contribution is 2.34.